The number of nitrogens with one attached hydrogen (secondary N) is 1. The number of amides is 1. The second kappa shape index (κ2) is 5.65. The van der Waals surface area contributed by atoms with Crippen molar-refractivity contribution in [1.29, 1.82) is 0 Å². The standard InChI is InChI=1S/C14H12BrN5O3/c15-10-6-16-11-4-3-8(7-20(10)11)17-12(21)14-19-18-13(23-14)9-2-1-5-22-9/h1-2,5-6,8H,3-4,7H2,(H,17,21). The zero-order valence-corrected chi connectivity index (χ0v) is 13.5. The molecule has 0 bridgehead atoms. The lowest BCUT2D eigenvalue weighted by Crippen LogP contribution is -2.41. The van der Waals surface area contributed by atoms with Crippen LogP contribution in [0.4, 0.5) is 0 Å². The first kappa shape index (κ1) is 14.2. The van der Waals surface area contributed by atoms with Crippen molar-refractivity contribution in [1.82, 2.24) is 25.1 Å². The summed E-state index contributed by atoms with van der Waals surface area (Å²) in [6, 6.07) is 3.38. The van der Waals surface area contributed by atoms with E-state index in [1.54, 1.807) is 18.3 Å². The molecule has 0 fully saturated rings. The molecule has 0 aliphatic carbocycles. The zero-order chi connectivity index (χ0) is 15.8. The van der Waals surface area contributed by atoms with E-state index in [0.717, 1.165) is 23.3 Å². The third-order valence-corrected chi connectivity index (χ3v) is 4.33. The summed E-state index contributed by atoms with van der Waals surface area (Å²) >= 11 is 3.45. The number of aromatic nitrogens is 4. The van der Waals surface area contributed by atoms with Gasteiger partial charge in [0.05, 0.1) is 12.5 Å². The van der Waals surface area contributed by atoms with E-state index in [1.165, 1.54) is 6.26 Å². The summed E-state index contributed by atoms with van der Waals surface area (Å²) in [5.41, 5.74) is 0. The Morgan fingerprint density at radius 3 is 3.17 bits per heavy atom. The SMILES string of the molecule is O=C(NC1CCc2ncc(Br)n2C1)c1nnc(-c2ccco2)o1. The number of rotatable bonds is 3. The van der Waals surface area contributed by atoms with E-state index in [9.17, 15) is 4.79 Å². The summed E-state index contributed by atoms with van der Waals surface area (Å²) in [7, 11) is 0. The number of carbonyl (C=O) groups excluding carboxylic acids is 1. The number of fused-ring (bicyclic) bond motifs is 1. The fourth-order valence-corrected chi connectivity index (χ4v) is 3.03. The minimum absolute atomic E-state index is 0.0144. The van der Waals surface area contributed by atoms with Gasteiger partial charge in [0.25, 0.3) is 5.89 Å². The maximum atomic E-state index is 12.3. The van der Waals surface area contributed by atoms with E-state index in [4.69, 9.17) is 8.83 Å². The van der Waals surface area contributed by atoms with Crippen LogP contribution in [-0.2, 0) is 13.0 Å². The van der Waals surface area contributed by atoms with Gasteiger partial charge in [-0.25, -0.2) is 4.98 Å². The number of nitrogens with zero attached hydrogens (tertiary/aromatic N) is 4. The van der Waals surface area contributed by atoms with Gasteiger partial charge in [-0.05, 0) is 34.5 Å². The van der Waals surface area contributed by atoms with E-state index in [-0.39, 0.29) is 23.7 Å². The molecular weight excluding hydrogens is 366 g/mol. The molecule has 1 amide bonds. The Balaban J connectivity index is 1.46. The van der Waals surface area contributed by atoms with Crippen LogP contribution in [0.1, 0.15) is 22.9 Å². The number of furan rings is 1. The molecule has 4 heterocycles. The van der Waals surface area contributed by atoms with Crippen LogP contribution in [-0.4, -0.2) is 31.7 Å². The van der Waals surface area contributed by atoms with Gasteiger partial charge in [-0.1, -0.05) is 0 Å². The van der Waals surface area contributed by atoms with E-state index >= 15 is 0 Å². The maximum absolute atomic E-state index is 12.3. The molecule has 118 valence electrons. The van der Waals surface area contributed by atoms with Crippen LogP contribution in [0.3, 0.4) is 0 Å². The molecule has 0 spiro atoms. The molecular formula is C14H12BrN5O3. The van der Waals surface area contributed by atoms with Gasteiger partial charge in [0.2, 0.25) is 0 Å². The number of hydrogen-bond acceptors (Lipinski definition) is 6. The highest BCUT2D eigenvalue weighted by Gasteiger charge is 2.25. The van der Waals surface area contributed by atoms with Crippen LogP contribution >= 0.6 is 15.9 Å². The third kappa shape index (κ3) is 2.67. The highest BCUT2D eigenvalue weighted by Crippen LogP contribution is 2.21. The summed E-state index contributed by atoms with van der Waals surface area (Å²) in [6.45, 7) is 0.654. The lowest BCUT2D eigenvalue weighted by molar-refractivity contribution is 0.0892. The summed E-state index contributed by atoms with van der Waals surface area (Å²) in [5.74, 6) is 1.16. The topological polar surface area (TPSA) is 99.0 Å². The predicted octanol–water partition coefficient (Wildman–Crippen LogP) is 2.03. The number of carbonyl (C=O) groups is 1. The number of hydrogen-bond donors (Lipinski definition) is 1. The number of aryl methyl sites for hydroxylation is 1. The Morgan fingerprint density at radius 2 is 2.35 bits per heavy atom. The van der Waals surface area contributed by atoms with Gasteiger partial charge >= 0.3 is 11.8 Å². The average Bonchev–Trinajstić information content (AvgIpc) is 3.27. The lowest BCUT2D eigenvalue weighted by Gasteiger charge is -2.24. The van der Waals surface area contributed by atoms with Gasteiger partial charge < -0.3 is 18.7 Å². The predicted molar refractivity (Wildman–Crippen MR) is 81.5 cm³/mol. The zero-order valence-electron chi connectivity index (χ0n) is 11.9. The van der Waals surface area contributed by atoms with Crippen LogP contribution < -0.4 is 5.32 Å². The van der Waals surface area contributed by atoms with E-state index in [2.05, 4.69) is 36.4 Å². The molecule has 3 aromatic rings. The van der Waals surface area contributed by atoms with Crippen LogP contribution in [0.15, 0.2) is 38.0 Å². The van der Waals surface area contributed by atoms with Crippen molar-refractivity contribution in [2.45, 2.75) is 25.4 Å². The molecule has 4 rings (SSSR count). The lowest BCUT2D eigenvalue weighted by atomic mass is 10.1. The van der Waals surface area contributed by atoms with Gasteiger partial charge in [0.1, 0.15) is 10.4 Å². The smallest absolute Gasteiger partial charge is 0.309 e. The fraction of sp³-hybridized carbons (Fsp3) is 0.286. The molecule has 1 N–H and O–H groups in total. The monoisotopic (exact) mass is 377 g/mol. The molecule has 23 heavy (non-hydrogen) atoms. The quantitative estimate of drug-likeness (QED) is 0.749. The maximum Gasteiger partial charge on any atom is 0.309 e. The van der Waals surface area contributed by atoms with Gasteiger partial charge in [0, 0.05) is 19.0 Å². The van der Waals surface area contributed by atoms with Crippen LogP contribution in [0.2, 0.25) is 0 Å². The second-order valence-electron chi connectivity index (χ2n) is 5.21. The molecule has 0 saturated heterocycles. The molecule has 1 aliphatic heterocycles. The molecule has 1 unspecified atom stereocenters. The van der Waals surface area contributed by atoms with Crippen molar-refractivity contribution < 1.29 is 13.6 Å². The van der Waals surface area contributed by atoms with Crippen molar-refractivity contribution in [3.63, 3.8) is 0 Å². The van der Waals surface area contributed by atoms with Crippen LogP contribution in [0, 0.1) is 0 Å². The summed E-state index contributed by atoms with van der Waals surface area (Å²) in [6.07, 6.45) is 4.89. The normalized spacial score (nSPS) is 17.0. The first-order valence-electron chi connectivity index (χ1n) is 7.09. The van der Waals surface area contributed by atoms with Crippen LogP contribution in [0.25, 0.3) is 11.7 Å². The van der Waals surface area contributed by atoms with Gasteiger partial charge in [-0.2, -0.15) is 0 Å². The molecule has 0 aromatic carbocycles. The first-order valence-corrected chi connectivity index (χ1v) is 7.88. The second-order valence-corrected chi connectivity index (χ2v) is 6.02. The molecule has 1 atom stereocenters. The third-order valence-electron chi connectivity index (χ3n) is 3.70. The number of halogens is 1. The summed E-state index contributed by atoms with van der Waals surface area (Å²) in [5, 5.41) is 10.5. The van der Waals surface area contributed by atoms with E-state index in [0.29, 0.717) is 12.3 Å². The number of imidazole rings is 1. The minimum Gasteiger partial charge on any atom is -0.459 e. The highest BCUT2D eigenvalue weighted by molar-refractivity contribution is 9.10. The molecule has 1 aliphatic rings. The van der Waals surface area contributed by atoms with Gasteiger partial charge in [0.15, 0.2) is 5.76 Å². The van der Waals surface area contributed by atoms with E-state index in [1.807, 2.05) is 4.57 Å². The fourth-order valence-electron chi connectivity index (χ4n) is 2.58. The van der Waals surface area contributed by atoms with Crippen molar-refractivity contribution >= 4 is 21.8 Å². The van der Waals surface area contributed by atoms with Crippen LogP contribution in [0.5, 0.6) is 0 Å². The highest BCUT2D eigenvalue weighted by atomic mass is 79.9. The molecule has 0 radical (unpaired) electrons. The largest absolute Gasteiger partial charge is 0.459 e. The van der Waals surface area contributed by atoms with Crippen molar-refractivity contribution in [2.24, 2.45) is 0 Å². The molecule has 8 nitrogen and oxygen atoms in total. The Morgan fingerprint density at radius 1 is 1.43 bits per heavy atom. The first-order chi connectivity index (χ1) is 11.2. The molecule has 0 saturated carbocycles. The van der Waals surface area contributed by atoms with Crippen molar-refractivity contribution in [3.8, 4) is 11.7 Å². The van der Waals surface area contributed by atoms with Gasteiger partial charge in [-0.15, -0.1) is 10.2 Å². The minimum atomic E-state index is -0.389. The van der Waals surface area contributed by atoms with Crippen molar-refractivity contribution in [2.75, 3.05) is 0 Å². The molecule has 3 aromatic heterocycles. The average molecular weight is 378 g/mol. The summed E-state index contributed by atoms with van der Waals surface area (Å²) < 4.78 is 13.5. The Hall–Kier alpha value is -2.42. The Labute approximate surface area is 139 Å². The molecule has 9 heteroatoms. The Kier molecular flexibility index (Phi) is 3.49. The van der Waals surface area contributed by atoms with Crippen molar-refractivity contribution in [3.05, 3.63) is 40.9 Å². The summed E-state index contributed by atoms with van der Waals surface area (Å²) in [4.78, 5) is 16.6. The van der Waals surface area contributed by atoms with E-state index < -0.39 is 0 Å². The Bertz CT molecular complexity index is 839. The van der Waals surface area contributed by atoms with Gasteiger partial charge in [-0.3, -0.25) is 4.79 Å².